The molecule has 1 aliphatic rings. The fourth-order valence-electron chi connectivity index (χ4n) is 3.48. The molecular weight excluding hydrogens is 404 g/mol. The molecule has 0 spiro atoms. The molecular formula is C23H22N8O. The van der Waals surface area contributed by atoms with Crippen molar-refractivity contribution in [2.75, 3.05) is 5.73 Å². The summed E-state index contributed by atoms with van der Waals surface area (Å²) >= 11 is 0. The van der Waals surface area contributed by atoms with Crippen molar-refractivity contribution < 1.29 is 5.11 Å². The molecule has 1 aromatic carbocycles. The zero-order valence-electron chi connectivity index (χ0n) is 17.3. The first-order valence-corrected chi connectivity index (χ1v) is 10.1. The number of hydrogen-bond acceptors (Lipinski definition) is 9. The number of aliphatic imine (C=N–C) groups is 1. The van der Waals surface area contributed by atoms with Crippen molar-refractivity contribution in [1.82, 2.24) is 15.0 Å². The van der Waals surface area contributed by atoms with Crippen LogP contribution in [0.3, 0.4) is 0 Å². The summed E-state index contributed by atoms with van der Waals surface area (Å²) in [4.78, 5) is 17.4. The maximum Gasteiger partial charge on any atom is 0.221 e. The van der Waals surface area contributed by atoms with Crippen molar-refractivity contribution in [3.63, 3.8) is 0 Å². The molecule has 0 radical (unpaired) electrons. The average molecular weight is 426 g/mol. The van der Waals surface area contributed by atoms with Gasteiger partial charge in [-0.25, -0.2) is 9.97 Å². The van der Waals surface area contributed by atoms with E-state index in [0.29, 0.717) is 34.9 Å². The first kappa shape index (κ1) is 21.1. The Morgan fingerprint density at radius 1 is 1.16 bits per heavy atom. The smallest absolute Gasteiger partial charge is 0.221 e. The molecule has 0 unspecified atom stereocenters. The zero-order chi connectivity index (χ0) is 22.6. The standard InChI is InChI=1S/C23H22N8O/c24-12-15-4-1-5-16(10-15)18-11-19(30-22(25)29-18)20(31-26)14-27-13-17-6-2-7-21(28-17)23(32)8-3-9-23/h1-2,4-7,10-11,14,32H,3,8-9,13,26H2,(H2,25,29,30). The molecule has 0 atom stereocenters. The van der Waals surface area contributed by atoms with Crippen LogP contribution < -0.4 is 11.6 Å². The van der Waals surface area contributed by atoms with Gasteiger partial charge >= 0.3 is 0 Å². The van der Waals surface area contributed by atoms with Gasteiger partial charge in [-0.3, -0.25) is 9.98 Å². The molecule has 1 aliphatic carbocycles. The Bertz CT molecular complexity index is 1240. The van der Waals surface area contributed by atoms with E-state index >= 15 is 0 Å². The summed E-state index contributed by atoms with van der Waals surface area (Å²) in [7, 11) is 0. The van der Waals surface area contributed by atoms with Crippen LogP contribution in [0.1, 0.15) is 41.9 Å². The summed E-state index contributed by atoms with van der Waals surface area (Å²) in [6, 6.07) is 16.4. The number of pyridine rings is 1. The second-order valence-electron chi connectivity index (χ2n) is 7.57. The molecule has 32 heavy (non-hydrogen) atoms. The van der Waals surface area contributed by atoms with Gasteiger partial charge < -0.3 is 16.7 Å². The van der Waals surface area contributed by atoms with E-state index in [1.54, 1.807) is 24.3 Å². The number of anilines is 1. The van der Waals surface area contributed by atoms with E-state index in [2.05, 4.69) is 31.1 Å². The highest BCUT2D eigenvalue weighted by Crippen LogP contribution is 2.39. The van der Waals surface area contributed by atoms with Gasteiger partial charge in [-0.2, -0.15) is 10.4 Å². The lowest BCUT2D eigenvalue weighted by Crippen LogP contribution is -2.34. The van der Waals surface area contributed by atoms with Gasteiger partial charge in [-0.1, -0.05) is 18.2 Å². The minimum absolute atomic E-state index is 0.0533. The van der Waals surface area contributed by atoms with Gasteiger partial charge in [0.15, 0.2) is 0 Å². The average Bonchev–Trinajstić information content (AvgIpc) is 2.80. The molecule has 160 valence electrons. The third-order valence-electron chi connectivity index (χ3n) is 5.36. The Morgan fingerprint density at radius 2 is 1.97 bits per heavy atom. The monoisotopic (exact) mass is 426 g/mol. The SMILES string of the molecule is N#Cc1cccc(-c2cc(C(C=NCc3cccc(C4(O)CCC4)n3)=NN)nc(N)n2)c1. The van der Waals surface area contributed by atoms with Gasteiger partial charge in [0.25, 0.3) is 0 Å². The summed E-state index contributed by atoms with van der Waals surface area (Å²) in [5.41, 5.74) is 9.00. The zero-order valence-corrected chi connectivity index (χ0v) is 17.3. The second-order valence-corrected chi connectivity index (χ2v) is 7.57. The normalized spacial score (nSPS) is 15.3. The molecule has 2 aromatic heterocycles. The molecule has 0 saturated heterocycles. The van der Waals surface area contributed by atoms with Gasteiger partial charge in [0.2, 0.25) is 5.95 Å². The molecule has 0 aliphatic heterocycles. The van der Waals surface area contributed by atoms with E-state index < -0.39 is 5.60 Å². The third-order valence-corrected chi connectivity index (χ3v) is 5.36. The van der Waals surface area contributed by atoms with Crippen molar-refractivity contribution in [2.45, 2.75) is 31.4 Å². The highest BCUT2D eigenvalue weighted by Gasteiger charge is 2.37. The summed E-state index contributed by atoms with van der Waals surface area (Å²) in [5.74, 6) is 5.63. The largest absolute Gasteiger partial charge is 0.384 e. The van der Waals surface area contributed by atoms with Crippen molar-refractivity contribution >= 4 is 17.9 Å². The number of nitrogens with two attached hydrogens (primary N) is 2. The van der Waals surface area contributed by atoms with E-state index in [1.807, 2.05) is 24.3 Å². The van der Waals surface area contributed by atoms with Crippen LogP contribution in [0.4, 0.5) is 5.95 Å². The molecule has 3 aromatic rings. The lowest BCUT2D eigenvalue weighted by Gasteiger charge is -2.36. The van der Waals surface area contributed by atoms with Crippen molar-refractivity contribution in [2.24, 2.45) is 15.9 Å². The molecule has 5 N–H and O–H groups in total. The Labute approximate surface area is 185 Å². The first-order valence-electron chi connectivity index (χ1n) is 10.1. The first-order chi connectivity index (χ1) is 15.5. The van der Waals surface area contributed by atoms with Gasteiger partial charge in [-0.05, 0) is 49.6 Å². The molecule has 4 rings (SSSR count). The van der Waals surface area contributed by atoms with E-state index in [9.17, 15) is 5.11 Å². The second kappa shape index (κ2) is 8.91. The number of aromatic nitrogens is 3. The van der Waals surface area contributed by atoms with Crippen LogP contribution in [0.15, 0.2) is 58.6 Å². The third kappa shape index (κ3) is 4.45. The van der Waals surface area contributed by atoms with E-state index in [4.69, 9.17) is 16.8 Å². The van der Waals surface area contributed by atoms with Crippen LogP contribution in [0.2, 0.25) is 0 Å². The maximum absolute atomic E-state index is 10.5. The van der Waals surface area contributed by atoms with Crippen molar-refractivity contribution in [3.8, 4) is 17.3 Å². The van der Waals surface area contributed by atoms with Crippen molar-refractivity contribution in [3.05, 3.63) is 71.2 Å². The molecule has 0 bridgehead atoms. The Kier molecular flexibility index (Phi) is 5.87. The minimum Gasteiger partial charge on any atom is -0.384 e. The number of nitrogen functional groups attached to an aromatic ring is 1. The fraction of sp³-hybridized carbons (Fsp3) is 0.217. The number of hydrazone groups is 1. The summed E-state index contributed by atoms with van der Waals surface area (Å²) in [5, 5.41) is 23.4. The predicted molar refractivity (Wildman–Crippen MR) is 122 cm³/mol. The molecule has 9 nitrogen and oxygen atoms in total. The van der Waals surface area contributed by atoms with Crippen LogP contribution >= 0.6 is 0 Å². The number of rotatable bonds is 6. The number of nitrogens with zero attached hydrogens (tertiary/aromatic N) is 6. The van der Waals surface area contributed by atoms with Crippen LogP contribution in [0, 0.1) is 11.3 Å². The molecule has 2 heterocycles. The minimum atomic E-state index is -0.818. The van der Waals surface area contributed by atoms with Crippen LogP contribution in [0.25, 0.3) is 11.3 Å². The lowest BCUT2D eigenvalue weighted by atomic mass is 9.77. The summed E-state index contributed by atoms with van der Waals surface area (Å²) in [6.07, 6.45) is 3.96. The molecule has 1 fully saturated rings. The topological polar surface area (TPSA) is 159 Å². The quantitative estimate of drug-likeness (QED) is 0.310. The fourth-order valence-corrected chi connectivity index (χ4v) is 3.48. The Hall–Kier alpha value is -4.16. The number of aliphatic hydroxyl groups is 1. The predicted octanol–water partition coefficient (Wildman–Crippen LogP) is 2.30. The molecule has 0 amide bonds. The van der Waals surface area contributed by atoms with Crippen molar-refractivity contribution in [1.29, 1.82) is 5.26 Å². The lowest BCUT2D eigenvalue weighted by molar-refractivity contribution is -0.0427. The van der Waals surface area contributed by atoms with E-state index in [1.165, 1.54) is 6.21 Å². The van der Waals surface area contributed by atoms with Gasteiger partial charge in [0.05, 0.1) is 47.2 Å². The Balaban J connectivity index is 1.54. The van der Waals surface area contributed by atoms with Crippen LogP contribution in [0.5, 0.6) is 0 Å². The van der Waals surface area contributed by atoms with E-state index in [0.717, 1.165) is 30.5 Å². The van der Waals surface area contributed by atoms with Gasteiger partial charge in [0, 0.05) is 5.56 Å². The number of hydrogen-bond donors (Lipinski definition) is 3. The van der Waals surface area contributed by atoms with Gasteiger partial charge in [-0.15, -0.1) is 0 Å². The molecule has 1 saturated carbocycles. The number of benzene rings is 1. The highest BCUT2D eigenvalue weighted by molar-refractivity contribution is 6.37. The van der Waals surface area contributed by atoms with Gasteiger partial charge in [0.1, 0.15) is 11.3 Å². The van der Waals surface area contributed by atoms with Crippen LogP contribution in [-0.2, 0) is 12.1 Å². The number of nitriles is 1. The van der Waals surface area contributed by atoms with Crippen LogP contribution in [-0.4, -0.2) is 32.0 Å². The molecule has 9 heteroatoms. The summed E-state index contributed by atoms with van der Waals surface area (Å²) < 4.78 is 0. The van der Waals surface area contributed by atoms with E-state index in [-0.39, 0.29) is 5.95 Å². The Morgan fingerprint density at radius 3 is 2.69 bits per heavy atom. The highest BCUT2D eigenvalue weighted by atomic mass is 16.3. The summed E-state index contributed by atoms with van der Waals surface area (Å²) in [6.45, 7) is 0.292. The maximum atomic E-state index is 10.5.